The van der Waals surface area contributed by atoms with Crippen molar-refractivity contribution < 1.29 is 4.74 Å². The quantitative estimate of drug-likeness (QED) is 0.506. The Morgan fingerprint density at radius 2 is 1.96 bits per heavy atom. The number of allylic oxidation sites excluding steroid dienone is 3. The Bertz CT molecular complexity index is 907. The van der Waals surface area contributed by atoms with E-state index in [0.29, 0.717) is 18.8 Å². The zero-order valence-corrected chi connectivity index (χ0v) is 14.1. The van der Waals surface area contributed by atoms with Crippen molar-refractivity contribution in [2.24, 2.45) is 0 Å². The van der Waals surface area contributed by atoms with Crippen LogP contribution in [0, 0.1) is 34.0 Å². The van der Waals surface area contributed by atoms with Crippen molar-refractivity contribution in [2.75, 3.05) is 23.8 Å². The monoisotopic (exact) mass is 331 g/mol. The van der Waals surface area contributed by atoms with Crippen molar-refractivity contribution in [3.8, 4) is 18.2 Å². The third-order valence-electron chi connectivity index (χ3n) is 5.01. The predicted molar refractivity (Wildman–Crippen MR) is 92.9 cm³/mol. The number of benzene rings is 1. The van der Waals surface area contributed by atoms with Crippen molar-refractivity contribution in [3.05, 3.63) is 47.1 Å². The summed E-state index contributed by atoms with van der Waals surface area (Å²) in [5.74, 6) is 0. The Kier molecular flexibility index (Phi) is 3.76. The van der Waals surface area contributed by atoms with Gasteiger partial charge in [-0.05, 0) is 35.9 Å². The Balaban J connectivity index is 2.15. The van der Waals surface area contributed by atoms with E-state index >= 15 is 0 Å². The molecule has 6 heteroatoms. The molecule has 1 atom stereocenters. The highest BCUT2D eigenvalue weighted by atomic mass is 16.5. The Morgan fingerprint density at radius 3 is 2.60 bits per heavy atom. The highest BCUT2D eigenvalue weighted by molar-refractivity contribution is 5.71. The molecule has 25 heavy (non-hydrogen) atoms. The Hall–Kier alpha value is -3.27. The second-order valence-electron chi connectivity index (χ2n) is 6.56. The molecule has 0 radical (unpaired) electrons. The van der Waals surface area contributed by atoms with E-state index in [4.69, 9.17) is 21.0 Å². The number of nitrogens with two attached hydrogens (primary N) is 1. The molecular weight excluding hydrogens is 314 g/mol. The van der Waals surface area contributed by atoms with Crippen molar-refractivity contribution in [2.45, 2.75) is 25.0 Å². The summed E-state index contributed by atoms with van der Waals surface area (Å²) in [5.41, 5.74) is 7.36. The maximum atomic E-state index is 9.28. The minimum Gasteiger partial charge on any atom is -0.399 e. The van der Waals surface area contributed by atoms with Crippen LogP contribution in [0.3, 0.4) is 0 Å². The number of nitrogens with zero attached hydrogens (tertiary/aromatic N) is 4. The van der Waals surface area contributed by atoms with Crippen molar-refractivity contribution in [1.82, 2.24) is 0 Å². The van der Waals surface area contributed by atoms with Crippen LogP contribution < -0.4 is 10.6 Å². The summed E-state index contributed by atoms with van der Waals surface area (Å²) < 4.78 is 6.14. The average molecular weight is 331 g/mol. The van der Waals surface area contributed by atoms with E-state index < -0.39 is 11.1 Å². The van der Waals surface area contributed by atoms with Gasteiger partial charge in [0.25, 0.3) is 0 Å². The third kappa shape index (κ3) is 2.18. The molecule has 0 bridgehead atoms. The van der Waals surface area contributed by atoms with Crippen LogP contribution in [0.25, 0.3) is 0 Å². The molecule has 1 unspecified atom stereocenters. The van der Waals surface area contributed by atoms with Crippen LogP contribution in [-0.2, 0) is 10.2 Å². The van der Waals surface area contributed by atoms with E-state index in [-0.39, 0.29) is 11.1 Å². The van der Waals surface area contributed by atoms with Gasteiger partial charge in [-0.2, -0.15) is 15.8 Å². The molecule has 0 spiro atoms. The lowest BCUT2D eigenvalue weighted by molar-refractivity contribution is -0.000310. The first-order chi connectivity index (χ1) is 11.9. The van der Waals surface area contributed by atoms with Crippen LogP contribution in [0.5, 0.6) is 0 Å². The number of hydrogen-bond donors (Lipinski definition) is 1. The Morgan fingerprint density at radius 1 is 1.24 bits per heavy atom. The summed E-state index contributed by atoms with van der Waals surface area (Å²) in [4.78, 5) is 2.14. The van der Waals surface area contributed by atoms with E-state index in [1.165, 1.54) is 6.08 Å². The molecule has 1 fully saturated rings. The van der Waals surface area contributed by atoms with Crippen molar-refractivity contribution >= 4 is 11.4 Å². The summed E-state index contributed by atoms with van der Waals surface area (Å²) in [6.07, 6.45) is 3.29. The molecule has 2 N–H and O–H groups in total. The summed E-state index contributed by atoms with van der Waals surface area (Å²) in [6.45, 7) is 5.38. The van der Waals surface area contributed by atoms with Crippen LogP contribution >= 0.6 is 0 Å². The van der Waals surface area contributed by atoms with E-state index in [1.807, 2.05) is 24.3 Å². The minimum atomic E-state index is -0.790. The minimum absolute atomic E-state index is 0.0288. The summed E-state index contributed by atoms with van der Waals surface area (Å²) >= 11 is 0. The van der Waals surface area contributed by atoms with Gasteiger partial charge < -0.3 is 15.4 Å². The fourth-order valence-corrected chi connectivity index (χ4v) is 3.70. The largest absolute Gasteiger partial charge is 0.399 e. The average Bonchev–Trinajstić information content (AvgIpc) is 3.10. The standard InChI is InChI=1S/C19H17N5O/c1-18(2)16-9-15(23)3-4-17(16)24-7-8-25-19(18,24)6-5-13(10-20)14(11-21)12-22/h3-6,9H,7-8,23H2,1-2H3/b6-5+. The first-order valence-corrected chi connectivity index (χ1v) is 7.86. The third-order valence-corrected chi connectivity index (χ3v) is 5.01. The molecule has 1 saturated heterocycles. The molecule has 2 aliphatic heterocycles. The number of ether oxygens (including phenoxy) is 1. The zero-order valence-electron chi connectivity index (χ0n) is 14.1. The molecule has 1 aromatic rings. The molecule has 0 saturated carbocycles. The number of nitrogen functional groups attached to an aromatic ring is 1. The molecule has 0 amide bonds. The lowest BCUT2D eigenvalue weighted by Gasteiger charge is -2.39. The van der Waals surface area contributed by atoms with Gasteiger partial charge in [-0.1, -0.05) is 13.8 Å². The molecule has 2 heterocycles. The molecule has 0 aliphatic carbocycles. The molecule has 1 aromatic carbocycles. The SMILES string of the molecule is CC1(C)c2cc(N)ccc2N2CCOC21/C=C/C(C#N)=C(C#N)C#N. The second kappa shape index (κ2) is 5.67. The van der Waals surface area contributed by atoms with Gasteiger partial charge in [-0.25, -0.2) is 0 Å². The van der Waals surface area contributed by atoms with Gasteiger partial charge in [0.15, 0.2) is 5.72 Å². The summed E-state index contributed by atoms with van der Waals surface area (Å²) in [7, 11) is 0. The van der Waals surface area contributed by atoms with Gasteiger partial charge in [-0.3, -0.25) is 0 Å². The van der Waals surface area contributed by atoms with Crippen LogP contribution in [0.4, 0.5) is 11.4 Å². The fraction of sp³-hybridized carbons (Fsp3) is 0.316. The van der Waals surface area contributed by atoms with Gasteiger partial charge in [0, 0.05) is 23.3 Å². The van der Waals surface area contributed by atoms with Crippen LogP contribution in [0.2, 0.25) is 0 Å². The molecule has 6 nitrogen and oxygen atoms in total. The number of nitriles is 3. The summed E-state index contributed by atoms with van der Waals surface area (Å²) in [6, 6.07) is 11.2. The van der Waals surface area contributed by atoms with Crippen molar-refractivity contribution in [3.63, 3.8) is 0 Å². The topological polar surface area (TPSA) is 110 Å². The van der Waals surface area contributed by atoms with E-state index in [9.17, 15) is 5.26 Å². The van der Waals surface area contributed by atoms with Gasteiger partial charge in [0.2, 0.25) is 0 Å². The molecule has 3 rings (SSSR count). The fourth-order valence-electron chi connectivity index (χ4n) is 3.70. The van der Waals surface area contributed by atoms with E-state index in [2.05, 4.69) is 18.7 Å². The maximum absolute atomic E-state index is 9.28. The second-order valence-corrected chi connectivity index (χ2v) is 6.56. The molecular formula is C19H17N5O. The lowest BCUT2D eigenvalue weighted by Crippen LogP contribution is -2.51. The summed E-state index contributed by atoms with van der Waals surface area (Å²) in [5, 5.41) is 27.3. The smallest absolute Gasteiger partial charge is 0.170 e. The molecule has 124 valence electrons. The maximum Gasteiger partial charge on any atom is 0.170 e. The Labute approximate surface area is 146 Å². The van der Waals surface area contributed by atoms with Crippen LogP contribution in [0.15, 0.2) is 41.5 Å². The lowest BCUT2D eigenvalue weighted by atomic mass is 9.77. The van der Waals surface area contributed by atoms with Crippen LogP contribution in [-0.4, -0.2) is 18.9 Å². The molecule has 0 aromatic heterocycles. The highest BCUT2D eigenvalue weighted by Crippen LogP contribution is 2.55. The number of rotatable bonds is 2. The van der Waals surface area contributed by atoms with E-state index in [0.717, 1.165) is 11.3 Å². The van der Waals surface area contributed by atoms with Gasteiger partial charge >= 0.3 is 0 Å². The van der Waals surface area contributed by atoms with Crippen LogP contribution in [0.1, 0.15) is 19.4 Å². The van der Waals surface area contributed by atoms with Gasteiger partial charge in [0.05, 0.1) is 12.2 Å². The zero-order chi connectivity index (χ0) is 18.2. The normalized spacial score (nSPS) is 22.6. The van der Waals surface area contributed by atoms with Crippen molar-refractivity contribution in [1.29, 1.82) is 15.8 Å². The first kappa shape index (κ1) is 16.6. The number of anilines is 2. The molecule has 2 aliphatic rings. The number of hydrogen-bond acceptors (Lipinski definition) is 6. The predicted octanol–water partition coefficient (Wildman–Crippen LogP) is 2.52. The highest BCUT2D eigenvalue weighted by Gasteiger charge is 2.59. The van der Waals surface area contributed by atoms with Gasteiger partial charge in [0.1, 0.15) is 23.8 Å². The van der Waals surface area contributed by atoms with Gasteiger partial charge in [-0.15, -0.1) is 0 Å². The first-order valence-electron chi connectivity index (χ1n) is 7.86. The number of fused-ring (bicyclic) bond motifs is 3. The van der Waals surface area contributed by atoms with E-state index in [1.54, 1.807) is 18.2 Å².